The van der Waals surface area contributed by atoms with Crippen molar-refractivity contribution in [3.63, 3.8) is 0 Å². The van der Waals surface area contributed by atoms with E-state index in [2.05, 4.69) is 25.4 Å². The van der Waals surface area contributed by atoms with E-state index in [0.29, 0.717) is 6.61 Å². The molecule has 9 heavy (non-hydrogen) atoms. The van der Waals surface area contributed by atoms with Gasteiger partial charge in [-0.3, -0.25) is 0 Å². The number of ether oxygens (including phenoxy) is 2. The molecule has 0 aliphatic heterocycles. The summed E-state index contributed by atoms with van der Waals surface area (Å²) >= 11 is 3.19. The highest BCUT2D eigenvalue weighted by atomic mass is 79.9. The van der Waals surface area contributed by atoms with E-state index in [1.807, 2.05) is 0 Å². The number of carbonyl (C=O) groups excluding carboxylic acids is 1. The van der Waals surface area contributed by atoms with Crippen LogP contribution < -0.4 is 0 Å². The van der Waals surface area contributed by atoms with E-state index < -0.39 is 6.16 Å². The molecule has 0 aromatic rings. The Balaban J connectivity index is 2.97. The highest BCUT2D eigenvalue weighted by Crippen LogP contribution is 1.89. The van der Waals surface area contributed by atoms with Gasteiger partial charge in [0.15, 0.2) is 0 Å². The summed E-state index contributed by atoms with van der Waals surface area (Å²) in [5.41, 5.74) is 0. The Kier molecular flexibility index (Phi) is 5.72. The van der Waals surface area contributed by atoms with Crippen LogP contribution in [-0.2, 0) is 9.47 Å². The van der Waals surface area contributed by atoms with Gasteiger partial charge in [-0.05, 0) is 6.42 Å². The molecular weight excluding hydrogens is 188 g/mol. The number of rotatable bonds is 3. The standard InChI is InChI=1S/C5H9BrO3/c1-8-5(7)9-4-2-3-6/h2-4H2,1H3. The Morgan fingerprint density at radius 3 is 2.78 bits per heavy atom. The minimum atomic E-state index is -0.615. The lowest BCUT2D eigenvalue weighted by Gasteiger charge is -1.98. The number of hydrogen-bond donors (Lipinski definition) is 0. The molecule has 0 aliphatic rings. The topological polar surface area (TPSA) is 35.5 Å². The lowest BCUT2D eigenvalue weighted by molar-refractivity contribution is 0.0731. The van der Waals surface area contributed by atoms with Gasteiger partial charge in [0, 0.05) is 5.33 Å². The smallest absolute Gasteiger partial charge is 0.438 e. The van der Waals surface area contributed by atoms with Crippen LogP contribution in [0.1, 0.15) is 6.42 Å². The maximum absolute atomic E-state index is 10.2. The Morgan fingerprint density at radius 2 is 2.33 bits per heavy atom. The lowest BCUT2D eigenvalue weighted by atomic mass is 10.5. The summed E-state index contributed by atoms with van der Waals surface area (Å²) in [5.74, 6) is 0. The van der Waals surface area contributed by atoms with E-state index >= 15 is 0 Å². The van der Waals surface area contributed by atoms with Gasteiger partial charge in [-0.2, -0.15) is 0 Å². The fraction of sp³-hybridized carbons (Fsp3) is 0.800. The lowest BCUT2D eigenvalue weighted by Crippen LogP contribution is -2.05. The average molecular weight is 197 g/mol. The van der Waals surface area contributed by atoms with Gasteiger partial charge in [0.25, 0.3) is 0 Å². The Morgan fingerprint density at radius 1 is 1.67 bits per heavy atom. The molecule has 0 saturated carbocycles. The number of alkyl halides is 1. The van der Waals surface area contributed by atoms with Gasteiger partial charge in [-0.25, -0.2) is 4.79 Å². The van der Waals surface area contributed by atoms with Gasteiger partial charge in [-0.15, -0.1) is 0 Å². The molecule has 4 heteroatoms. The molecule has 0 saturated heterocycles. The molecular formula is C5H9BrO3. The van der Waals surface area contributed by atoms with E-state index in [9.17, 15) is 4.79 Å². The maximum Gasteiger partial charge on any atom is 0.507 e. The fourth-order valence-electron chi connectivity index (χ4n) is 0.269. The molecule has 0 aliphatic carbocycles. The van der Waals surface area contributed by atoms with Crippen molar-refractivity contribution in [2.45, 2.75) is 6.42 Å². The SMILES string of the molecule is COC(=O)OCCCBr. The van der Waals surface area contributed by atoms with Gasteiger partial charge in [0.1, 0.15) is 0 Å². The highest BCUT2D eigenvalue weighted by Gasteiger charge is 1.96. The van der Waals surface area contributed by atoms with E-state index in [1.165, 1.54) is 7.11 Å². The molecule has 3 nitrogen and oxygen atoms in total. The normalized spacial score (nSPS) is 8.67. The molecule has 0 unspecified atom stereocenters. The second-order valence-corrected chi connectivity index (χ2v) is 2.14. The molecule has 0 bridgehead atoms. The minimum Gasteiger partial charge on any atom is -0.438 e. The molecule has 0 aromatic heterocycles. The summed E-state index contributed by atoms with van der Waals surface area (Å²) in [4.78, 5) is 10.2. The maximum atomic E-state index is 10.2. The summed E-state index contributed by atoms with van der Waals surface area (Å²) in [6.45, 7) is 0.415. The van der Waals surface area contributed by atoms with Crippen LogP contribution in [0.5, 0.6) is 0 Å². The van der Waals surface area contributed by atoms with Crippen molar-refractivity contribution < 1.29 is 14.3 Å². The summed E-state index contributed by atoms with van der Waals surface area (Å²) in [6, 6.07) is 0. The van der Waals surface area contributed by atoms with Gasteiger partial charge in [0.05, 0.1) is 13.7 Å². The first kappa shape index (κ1) is 8.75. The number of carbonyl (C=O) groups is 1. The van der Waals surface area contributed by atoms with Crippen LogP contribution in [0.15, 0.2) is 0 Å². The number of methoxy groups -OCH3 is 1. The van der Waals surface area contributed by atoms with Crippen LogP contribution in [-0.4, -0.2) is 25.2 Å². The molecule has 0 radical (unpaired) electrons. The predicted molar refractivity (Wildman–Crippen MR) is 36.8 cm³/mol. The van der Waals surface area contributed by atoms with Crippen molar-refractivity contribution in [2.75, 3.05) is 19.0 Å². The third-order valence-electron chi connectivity index (χ3n) is 0.665. The van der Waals surface area contributed by atoms with E-state index in [0.717, 1.165) is 11.8 Å². The largest absolute Gasteiger partial charge is 0.507 e. The molecule has 0 heterocycles. The molecule has 0 N–H and O–H groups in total. The first-order valence-corrected chi connectivity index (χ1v) is 3.70. The Labute approximate surface area is 62.5 Å². The molecule has 0 atom stereocenters. The second-order valence-electron chi connectivity index (χ2n) is 1.35. The highest BCUT2D eigenvalue weighted by molar-refractivity contribution is 9.09. The van der Waals surface area contributed by atoms with E-state index in [4.69, 9.17) is 0 Å². The van der Waals surface area contributed by atoms with E-state index in [1.54, 1.807) is 0 Å². The Hall–Kier alpha value is -0.250. The summed E-state index contributed by atoms with van der Waals surface area (Å²) in [5, 5.41) is 0.837. The summed E-state index contributed by atoms with van der Waals surface area (Å²) < 4.78 is 8.76. The minimum absolute atomic E-state index is 0.415. The zero-order chi connectivity index (χ0) is 7.11. The quantitative estimate of drug-likeness (QED) is 0.391. The summed E-state index contributed by atoms with van der Waals surface area (Å²) in [6.07, 6.45) is 0.200. The molecule has 54 valence electrons. The van der Waals surface area contributed by atoms with E-state index in [-0.39, 0.29) is 0 Å². The Bertz CT molecular complexity index is 84.3. The van der Waals surface area contributed by atoms with Gasteiger partial charge in [0.2, 0.25) is 0 Å². The van der Waals surface area contributed by atoms with Crippen LogP contribution in [0.2, 0.25) is 0 Å². The zero-order valence-electron chi connectivity index (χ0n) is 5.22. The van der Waals surface area contributed by atoms with Gasteiger partial charge < -0.3 is 9.47 Å². The number of hydrogen-bond acceptors (Lipinski definition) is 3. The first-order chi connectivity index (χ1) is 4.31. The molecule has 0 rings (SSSR count). The molecule has 0 spiro atoms. The number of halogens is 1. The summed E-state index contributed by atoms with van der Waals surface area (Å²) in [7, 11) is 1.29. The predicted octanol–water partition coefficient (Wildman–Crippen LogP) is 1.55. The van der Waals surface area contributed by atoms with Gasteiger partial charge >= 0.3 is 6.16 Å². The average Bonchev–Trinajstić information content (AvgIpc) is 1.89. The van der Waals surface area contributed by atoms with Crippen LogP contribution in [0, 0.1) is 0 Å². The fourth-order valence-corrected chi connectivity index (χ4v) is 0.498. The van der Waals surface area contributed by atoms with Crippen LogP contribution in [0.4, 0.5) is 4.79 Å². The van der Waals surface area contributed by atoms with Crippen molar-refractivity contribution in [1.82, 2.24) is 0 Å². The monoisotopic (exact) mass is 196 g/mol. The van der Waals surface area contributed by atoms with Crippen molar-refractivity contribution in [3.8, 4) is 0 Å². The van der Waals surface area contributed by atoms with Crippen molar-refractivity contribution in [1.29, 1.82) is 0 Å². The zero-order valence-corrected chi connectivity index (χ0v) is 6.81. The van der Waals surface area contributed by atoms with Gasteiger partial charge in [-0.1, -0.05) is 15.9 Å². The van der Waals surface area contributed by atoms with Crippen molar-refractivity contribution in [2.24, 2.45) is 0 Å². The second kappa shape index (κ2) is 5.88. The molecule has 0 amide bonds. The van der Waals surface area contributed by atoms with Crippen LogP contribution in [0.3, 0.4) is 0 Å². The van der Waals surface area contributed by atoms with Crippen LogP contribution >= 0.6 is 15.9 Å². The molecule has 0 fully saturated rings. The van der Waals surface area contributed by atoms with Crippen molar-refractivity contribution in [3.05, 3.63) is 0 Å². The molecule has 0 aromatic carbocycles. The third-order valence-corrected chi connectivity index (χ3v) is 1.23. The first-order valence-electron chi connectivity index (χ1n) is 2.58. The van der Waals surface area contributed by atoms with Crippen LogP contribution in [0.25, 0.3) is 0 Å². The third kappa shape index (κ3) is 5.62. The van der Waals surface area contributed by atoms with Crippen molar-refractivity contribution >= 4 is 22.1 Å².